The predicted octanol–water partition coefficient (Wildman–Crippen LogP) is 5.62. The summed E-state index contributed by atoms with van der Waals surface area (Å²) in [6.07, 6.45) is 0. The van der Waals surface area contributed by atoms with Gasteiger partial charge < -0.3 is 0 Å². The summed E-state index contributed by atoms with van der Waals surface area (Å²) in [6, 6.07) is 0. The Kier molecular flexibility index (Phi) is 6.74. The van der Waals surface area contributed by atoms with Crippen molar-refractivity contribution < 1.29 is 0 Å². The molecule has 0 aromatic heterocycles. The maximum absolute atomic E-state index is 2.45. The van der Waals surface area contributed by atoms with Crippen LogP contribution in [0.25, 0.3) is 0 Å². The molecule has 0 nitrogen and oxygen atoms in total. The van der Waals surface area contributed by atoms with Gasteiger partial charge in [-0.2, -0.15) is 0 Å². The second-order valence-electron chi connectivity index (χ2n) is 6.89. The Balaban J connectivity index is 4.89. The number of rotatable bonds is 6. The molecule has 0 rings (SSSR count). The molecule has 0 aromatic carbocycles. The summed E-state index contributed by atoms with van der Waals surface area (Å²) in [6.45, 7) is 22.5. The molecule has 0 aliphatic rings. The fourth-order valence-corrected chi connectivity index (χ4v) is 2.77. The number of hydrogen-bond acceptors (Lipinski definition) is 0. The van der Waals surface area contributed by atoms with E-state index < -0.39 is 0 Å². The van der Waals surface area contributed by atoms with Gasteiger partial charge in [0.15, 0.2) is 0 Å². The van der Waals surface area contributed by atoms with Crippen molar-refractivity contribution in [2.45, 2.75) is 79.8 Å². The van der Waals surface area contributed by atoms with Gasteiger partial charge in [-0.15, -0.1) is 0 Å². The highest BCUT2D eigenvalue weighted by Gasteiger charge is 2.36. The highest BCUT2D eigenvalue weighted by Crippen LogP contribution is 2.41. The summed E-state index contributed by atoms with van der Waals surface area (Å²) in [5, 5.41) is 0. The molecule has 0 spiro atoms. The van der Waals surface area contributed by atoms with Gasteiger partial charge in [-0.3, -0.25) is 0 Å². The third kappa shape index (κ3) is 4.15. The van der Waals surface area contributed by atoms with Gasteiger partial charge in [-0.05, 0) is 0 Å². The average molecular weight is 224 g/mol. The van der Waals surface area contributed by atoms with E-state index >= 15 is 0 Å². The largest absolute Gasteiger partial charge is 0.149 e. The molecular weight excluding hydrogens is 191 g/mol. The SMILES string of the molecule is CC(C)[C@H](C)B([C@H](C)C(C)C)[C@H](C)C(C)C. The van der Waals surface area contributed by atoms with Gasteiger partial charge in [0, 0.05) is 0 Å². The zero-order valence-corrected chi connectivity index (χ0v) is 13.0. The van der Waals surface area contributed by atoms with Crippen LogP contribution >= 0.6 is 0 Å². The Morgan fingerprint density at radius 1 is 0.438 bits per heavy atom. The molecule has 0 N–H and O–H groups in total. The third-order valence-corrected chi connectivity index (χ3v) is 4.98. The Morgan fingerprint density at radius 3 is 0.750 bits per heavy atom. The van der Waals surface area contributed by atoms with Crippen LogP contribution in [0, 0.1) is 17.8 Å². The van der Waals surface area contributed by atoms with Crippen LogP contribution in [0.5, 0.6) is 0 Å². The second kappa shape index (κ2) is 6.72. The zero-order valence-electron chi connectivity index (χ0n) is 13.0. The van der Waals surface area contributed by atoms with Crippen LogP contribution in [0.3, 0.4) is 0 Å². The van der Waals surface area contributed by atoms with E-state index in [4.69, 9.17) is 0 Å². The van der Waals surface area contributed by atoms with E-state index in [1.54, 1.807) is 0 Å². The van der Waals surface area contributed by atoms with Crippen molar-refractivity contribution in [3.05, 3.63) is 0 Å². The molecule has 3 atom stereocenters. The van der Waals surface area contributed by atoms with Crippen LogP contribution in [-0.2, 0) is 0 Å². The predicted molar refractivity (Wildman–Crippen MR) is 78.5 cm³/mol. The standard InChI is InChI=1S/C15H33B/c1-10(2)13(7)16(14(8)11(3)4)15(9)12(5)6/h10-15H,1-9H3/t13-,14-,15+/m1/s1. The van der Waals surface area contributed by atoms with E-state index in [9.17, 15) is 0 Å². The molecule has 0 amide bonds. The van der Waals surface area contributed by atoms with E-state index in [1.165, 1.54) is 0 Å². The molecule has 0 unspecified atom stereocenters. The normalized spacial score (nSPS) is 18.0. The molecular formula is C15H33B. The summed E-state index contributed by atoms with van der Waals surface area (Å²) in [7, 11) is 0. The van der Waals surface area contributed by atoms with E-state index in [1.807, 2.05) is 0 Å². The first-order chi connectivity index (χ1) is 7.20. The lowest BCUT2D eigenvalue weighted by Gasteiger charge is -2.37. The molecule has 96 valence electrons. The Hall–Kier alpha value is 0.0649. The minimum atomic E-state index is 0.799. The van der Waals surface area contributed by atoms with Crippen LogP contribution in [0.2, 0.25) is 17.5 Å². The molecule has 0 radical (unpaired) electrons. The van der Waals surface area contributed by atoms with E-state index in [-0.39, 0.29) is 0 Å². The van der Waals surface area contributed by atoms with Crippen molar-refractivity contribution in [3.63, 3.8) is 0 Å². The molecule has 0 heterocycles. The van der Waals surface area contributed by atoms with Crippen molar-refractivity contribution in [2.75, 3.05) is 0 Å². The summed E-state index contributed by atoms with van der Waals surface area (Å²) in [5.41, 5.74) is 0. The molecule has 0 aliphatic carbocycles. The third-order valence-electron chi connectivity index (χ3n) is 4.98. The van der Waals surface area contributed by atoms with Gasteiger partial charge >= 0.3 is 0 Å². The van der Waals surface area contributed by atoms with Gasteiger partial charge in [0.25, 0.3) is 0 Å². The fourth-order valence-electron chi connectivity index (χ4n) is 2.77. The molecule has 0 aromatic rings. The smallest absolute Gasteiger partial charge is 0.0688 e. The summed E-state index contributed by atoms with van der Waals surface area (Å²) in [5.74, 6) is 4.88. The fraction of sp³-hybridized carbons (Fsp3) is 1.00. The first-order valence-electron chi connectivity index (χ1n) is 7.20. The molecule has 0 bridgehead atoms. The Bertz CT molecular complexity index is 151. The van der Waals surface area contributed by atoms with Crippen LogP contribution in [0.15, 0.2) is 0 Å². The van der Waals surface area contributed by atoms with Crippen molar-refractivity contribution >= 4 is 6.71 Å². The first kappa shape index (κ1) is 16.1. The monoisotopic (exact) mass is 224 g/mol. The average Bonchev–Trinajstić information content (AvgIpc) is 2.16. The molecule has 0 saturated carbocycles. The van der Waals surface area contributed by atoms with Crippen molar-refractivity contribution in [3.8, 4) is 0 Å². The van der Waals surface area contributed by atoms with Gasteiger partial charge in [-0.25, -0.2) is 0 Å². The first-order valence-corrected chi connectivity index (χ1v) is 7.20. The highest BCUT2D eigenvalue weighted by atomic mass is 14.2. The molecule has 0 aliphatic heterocycles. The zero-order chi connectivity index (χ0) is 13.0. The van der Waals surface area contributed by atoms with Crippen LogP contribution < -0.4 is 0 Å². The lowest BCUT2D eigenvalue weighted by atomic mass is 9.25. The van der Waals surface area contributed by atoms with Gasteiger partial charge in [0.05, 0.1) is 0 Å². The lowest BCUT2D eigenvalue weighted by Crippen LogP contribution is -2.35. The second-order valence-corrected chi connectivity index (χ2v) is 6.89. The topological polar surface area (TPSA) is 0 Å². The van der Waals surface area contributed by atoms with Gasteiger partial charge in [0.1, 0.15) is 6.71 Å². The van der Waals surface area contributed by atoms with Crippen LogP contribution in [-0.4, -0.2) is 6.71 Å². The Labute approximate surface area is 105 Å². The van der Waals surface area contributed by atoms with Crippen LogP contribution in [0.4, 0.5) is 0 Å². The molecule has 16 heavy (non-hydrogen) atoms. The van der Waals surface area contributed by atoms with Crippen molar-refractivity contribution in [1.29, 1.82) is 0 Å². The minimum Gasteiger partial charge on any atom is -0.0688 e. The highest BCUT2D eigenvalue weighted by molar-refractivity contribution is 6.63. The van der Waals surface area contributed by atoms with Gasteiger partial charge in [-0.1, -0.05) is 97.5 Å². The Morgan fingerprint density at radius 2 is 0.625 bits per heavy atom. The lowest BCUT2D eigenvalue weighted by molar-refractivity contribution is 0.518. The number of hydrogen-bond donors (Lipinski definition) is 0. The maximum atomic E-state index is 2.45. The van der Waals surface area contributed by atoms with Crippen molar-refractivity contribution in [2.24, 2.45) is 17.8 Å². The van der Waals surface area contributed by atoms with E-state index in [0.29, 0.717) is 0 Å². The molecule has 0 fully saturated rings. The van der Waals surface area contributed by atoms with Crippen molar-refractivity contribution in [1.82, 2.24) is 0 Å². The summed E-state index contributed by atoms with van der Waals surface area (Å²) >= 11 is 0. The summed E-state index contributed by atoms with van der Waals surface area (Å²) < 4.78 is 0. The molecule has 0 saturated heterocycles. The minimum absolute atomic E-state index is 0.799. The van der Waals surface area contributed by atoms with E-state index in [0.717, 1.165) is 41.9 Å². The van der Waals surface area contributed by atoms with E-state index in [2.05, 4.69) is 62.3 Å². The molecule has 1 heteroatoms. The summed E-state index contributed by atoms with van der Waals surface area (Å²) in [4.78, 5) is 0. The van der Waals surface area contributed by atoms with Gasteiger partial charge in [0.2, 0.25) is 0 Å². The maximum Gasteiger partial charge on any atom is 0.149 e. The quantitative estimate of drug-likeness (QED) is 0.513. The van der Waals surface area contributed by atoms with Crippen LogP contribution in [0.1, 0.15) is 62.3 Å².